The molecule has 0 saturated carbocycles. The molecule has 9 heteroatoms. The molecule has 0 unspecified atom stereocenters. The zero-order chi connectivity index (χ0) is 17.0. The highest BCUT2D eigenvalue weighted by Crippen LogP contribution is 2.25. The summed E-state index contributed by atoms with van der Waals surface area (Å²) in [6, 6.07) is 8.88. The van der Waals surface area contributed by atoms with Crippen LogP contribution in [-0.2, 0) is 0 Å². The third kappa shape index (κ3) is 3.59. The van der Waals surface area contributed by atoms with Gasteiger partial charge < -0.3 is 10.1 Å². The molecule has 118 valence electrons. The molecule has 2 aromatic carbocycles. The number of carbonyl (C=O) groups is 1. The van der Waals surface area contributed by atoms with Gasteiger partial charge in [0.15, 0.2) is 0 Å². The molecule has 0 aliphatic rings. The van der Waals surface area contributed by atoms with E-state index in [2.05, 4.69) is 5.32 Å². The molecular weight excluding hydrogens is 306 g/mol. The fourth-order valence-electron chi connectivity index (χ4n) is 1.85. The summed E-state index contributed by atoms with van der Waals surface area (Å²) in [6.07, 6.45) is 0. The molecule has 0 spiro atoms. The second kappa shape index (κ2) is 6.52. The molecule has 0 radical (unpaired) electrons. The number of carbonyl (C=O) groups excluding carboxylic acids is 1. The van der Waals surface area contributed by atoms with E-state index in [0.717, 1.165) is 6.07 Å². The molecule has 0 aliphatic heterocycles. The molecule has 23 heavy (non-hydrogen) atoms. The molecule has 1 N–H and O–H groups in total. The van der Waals surface area contributed by atoms with Gasteiger partial charge in [0.05, 0.1) is 28.6 Å². The summed E-state index contributed by atoms with van der Waals surface area (Å²) in [7, 11) is 1.29. The summed E-state index contributed by atoms with van der Waals surface area (Å²) in [5.41, 5.74) is 0.155. The van der Waals surface area contributed by atoms with Crippen molar-refractivity contribution in [1.82, 2.24) is 0 Å². The van der Waals surface area contributed by atoms with Crippen LogP contribution in [0.4, 0.5) is 17.1 Å². The molecule has 0 aliphatic carbocycles. The van der Waals surface area contributed by atoms with Gasteiger partial charge in [0.2, 0.25) is 0 Å². The van der Waals surface area contributed by atoms with E-state index in [9.17, 15) is 25.0 Å². The van der Waals surface area contributed by atoms with Crippen LogP contribution in [0.25, 0.3) is 0 Å². The summed E-state index contributed by atoms with van der Waals surface area (Å²) in [4.78, 5) is 32.3. The quantitative estimate of drug-likeness (QED) is 0.667. The lowest BCUT2D eigenvalue weighted by Crippen LogP contribution is -2.13. The molecule has 9 nitrogen and oxygen atoms in total. The first-order valence-electron chi connectivity index (χ1n) is 6.30. The minimum Gasteiger partial charge on any atom is -0.496 e. The molecule has 1 amide bonds. The number of nitrogens with zero attached hydrogens (tertiary/aromatic N) is 2. The van der Waals surface area contributed by atoms with Crippen molar-refractivity contribution in [3.63, 3.8) is 0 Å². The number of benzene rings is 2. The van der Waals surface area contributed by atoms with Crippen molar-refractivity contribution in [3.8, 4) is 5.75 Å². The van der Waals surface area contributed by atoms with Crippen LogP contribution < -0.4 is 10.1 Å². The molecule has 0 bridgehead atoms. The Balaban J connectivity index is 2.23. The predicted molar refractivity (Wildman–Crippen MR) is 80.7 cm³/mol. The molecule has 2 aromatic rings. The van der Waals surface area contributed by atoms with Gasteiger partial charge >= 0.3 is 0 Å². The first kappa shape index (κ1) is 15.9. The Morgan fingerprint density at radius 2 is 1.57 bits per heavy atom. The maximum atomic E-state index is 12.2. The van der Waals surface area contributed by atoms with Crippen LogP contribution in [0.15, 0.2) is 42.5 Å². The third-order valence-corrected chi connectivity index (χ3v) is 2.98. The Hall–Kier alpha value is -3.49. The van der Waals surface area contributed by atoms with E-state index in [1.165, 1.54) is 43.5 Å². The van der Waals surface area contributed by atoms with Gasteiger partial charge in [-0.3, -0.25) is 25.0 Å². The van der Waals surface area contributed by atoms with E-state index in [4.69, 9.17) is 4.74 Å². The summed E-state index contributed by atoms with van der Waals surface area (Å²) in [5.74, 6) is -0.496. The van der Waals surface area contributed by atoms with Crippen molar-refractivity contribution in [2.24, 2.45) is 0 Å². The third-order valence-electron chi connectivity index (χ3n) is 2.98. The van der Waals surface area contributed by atoms with Gasteiger partial charge in [-0.05, 0) is 18.2 Å². The first-order chi connectivity index (χ1) is 10.9. The second-order valence-corrected chi connectivity index (χ2v) is 4.40. The lowest BCUT2D eigenvalue weighted by Gasteiger charge is -2.09. The minimum atomic E-state index is -0.597. The number of anilines is 1. The Morgan fingerprint density at radius 1 is 1.00 bits per heavy atom. The van der Waals surface area contributed by atoms with E-state index in [0.29, 0.717) is 5.69 Å². The highest BCUT2D eigenvalue weighted by atomic mass is 16.6. The zero-order valence-corrected chi connectivity index (χ0v) is 11.9. The number of amides is 1. The number of nitrogens with one attached hydrogen (secondary N) is 1. The fourth-order valence-corrected chi connectivity index (χ4v) is 1.85. The van der Waals surface area contributed by atoms with Crippen LogP contribution in [0, 0.1) is 20.2 Å². The number of nitro benzene ring substituents is 2. The van der Waals surface area contributed by atoms with Gasteiger partial charge in [0, 0.05) is 23.9 Å². The fraction of sp³-hybridized carbons (Fsp3) is 0.0714. The monoisotopic (exact) mass is 317 g/mol. The van der Waals surface area contributed by atoms with Crippen molar-refractivity contribution in [2.45, 2.75) is 0 Å². The van der Waals surface area contributed by atoms with Crippen molar-refractivity contribution in [1.29, 1.82) is 0 Å². The van der Waals surface area contributed by atoms with E-state index >= 15 is 0 Å². The number of nitro groups is 2. The van der Waals surface area contributed by atoms with Crippen LogP contribution in [0.3, 0.4) is 0 Å². The minimum absolute atomic E-state index is 0.0543. The lowest BCUT2D eigenvalue weighted by molar-refractivity contribution is -0.385. The van der Waals surface area contributed by atoms with E-state index in [1.54, 1.807) is 0 Å². The smallest absolute Gasteiger partial charge is 0.273 e. The van der Waals surface area contributed by atoms with Gasteiger partial charge in [0.1, 0.15) is 5.75 Å². The van der Waals surface area contributed by atoms with Crippen LogP contribution in [-0.4, -0.2) is 22.9 Å². The van der Waals surface area contributed by atoms with Crippen LogP contribution in [0.2, 0.25) is 0 Å². The number of methoxy groups -OCH3 is 1. The van der Waals surface area contributed by atoms with Crippen molar-refractivity contribution in [2.75, 3.05) is 12.4 Å². The number of non-ortho nitro benzene ring substituents is 2. The first-order valence-corrected chi connectivity index (χ1v) is 6.30. The zero-order valence-electron chi connectivity index (χ0n) is 11.9. The molecule has 0 saturated heterocycles. The highest BCUT2D eigenvalue weighted by Gasteiger charge is 2.17. The Kier molecular flexibility index (Phi) is 4.50. The number of hydrogen-bond donors (Lipinski definition) is 1. The normalized spacial score (nSPS) is 9.96. The van der Waals surface area contributed by atoms with Crippen molar-refractivity contribution < 1.29 is 19.4 Å². The predicted octanol–water partition coefficient (Wildman–Crippen LogP) is 2.76. The van der Waals surface area contributed by atoms with Crippen LogP contribution in [0.1, 0.15) is 10.4 Å². The Labute approximate surface area is 129 Å². The molecule has 0 aromatic heterocycles. The van der Waals surface area contributed by atoms with E-state index in [1.807, 2.05) is 0 Å². The Bertz CT molecular complexity index is 773. The topological polar surface area (TPSA) is 125 Å². The van der Waals surface area contributed by atoms with Gasteiger partial charge in [-0.2, -0.15) is 0 Å². The Morgan fingerprint density at radius 3 is 2.09 bits per heavy atom. The number of ether oxygens (including phenoxy) is 1. The second-order valence-electron chi connectivity index (χ2n) is 4.40. The SMILES string of the molecule is COc1cc([N+](=O)[O-])ccc1C(=O)Nc1ccc([N+](=O)[O-])cc1. The maximum absolute atomic E-state index is 12.2. The molecule has 0 atom stereocenters. The summed E-state index contributed by atoms with van der Waals surface area (Å²) < 4.78 is 4.99. The molecular formula is C14H11N3O6. The summed E-state index contributed by atoms with van der Waals surface area (Å²) >= 11 is 0. The highest BCUT2D eigenvalue weighted by molar-refractivity contribution is 6.06. The maximum Gasteiger partial charge on any atom is 0.273 e. The number of hydrogen-bond acceptors (Lipinski definition) is 6. The lowest BCUT2D eigenvalue weighted by atomic mass is 10.1. The average molecular weight is 317 g/mol. The number of rotatable bonds is 5. The van der Waals surface area contributed by atoms with Gasteiger partial charge in [0.25, 0.3) is 17.3 Å². The average Bonchev–Trinajstić information content (AvgIpc) is 2.54. The van der Waals surface area contributed by atoms with E-state index < -0.39 is 15.8 Å². The largest absolute Gasteiger partial charge is 0.496 e. The standard InChI is InChI=1S/C14H11N3O6/c1-23-13-8-11(17(21)22)6-7-12(13)14(18)15-9-2-4-10(5-3-9)16(19)20/h2-8H,1H3,(H,15,18). The van der Waals surface area contributed by atoms with Crippen LogP contribution in [0.5, 0.6) is 5.75 Å². The van der Waals surface area contributed by atoms with Gasteiger partial charge in [-0.15, -0.1) is 0 Å². The molecule has 0 fully saturated rings. The molecule has 2 rings (SSSR count). The summed E-state index contributed by atoms with van der Waals surface area (Å²) in [5, 5.41) is 23.8. The van der Waals surface area contributed by atoms with Crippen LogP contribution >= 0.6 is 0 Å². The summed E-state index contributed by atoms with van der Waals surface area (Å²) in [6.45, 7) is 0. The van der Waals surface area contributed by atoms with E-state index in [-0.39, 0.29) is 22.7 Å². The van der Waals surface area contributed by atoms with Gasteiger partial charge in [-0.1, -0.05) is 0 Å². The van der Waals surface area contributed by atoms with Gasteiger partial charge in [-0.25, -0.2) is 0 Å². The van der Waals surface area contributed by atoms with Crippen molar-refractivity contribution in [3.05, 3.63) is 68.3 Å². The van der Waals surface area contributed by atoms with Crippen molar-refractivity contribution >= 4 is 23.0 Å². The molecule has 0 heterocycles.